The van der Waals surface area contributed by atoms with Gasteiger partial charge in [-0.3, -0.25) is 13.8 Å². The van der Waals surface area contributed by atoms with E-state index in [-0.39, 0.29) is 29.2 Å². The summed E-state index contributed by atoms with van der Waals surface area (Å²) in [6.07, 6.45) is -4.62. The molecule has 142 valence electrons. The van der Waals surface area contributed by atoms with Crippen LogP contribution in [0, 0.1) is 0 Å². The van der Waals surface area contributed by atoms with Crippen LogP contribution in [0.5, 0.6) is 0 Å². The number of aryl methyl sites for hydroxylation is 1. The second-order valence-electron chi connectivity index (χ2n) is 6.26. The van der Waals surface area contributed by atoms with E-state index >= 15 is 0 Å². The van der Waals surface area contributed by atoms with Crippen LogP contribution in [0.4, 0.5) is 13.2 Å². The Balaban J connectivity index is 1.79. The summed E-state index contributed by atoms with van der Waals surface area (Å²) in [6, 6.07) is 8.14. The van der Waals surface area contributed by atoms with Gasteiger partial charge in [-0.25, -0.2) is 4.98 Å². The second-order valence-corrected chi connectivity index (χ2v) is 7.17. The monoisotopic (exact) mass is 404 g/mol. The van der Waals surface area contributed by atoms with E-state index in [0.29, 0.717) is 15.7 Å². The topological polar surface area (TPSA) is 70.0 Å². The molecule has 0 radical (unpaired) electrons. The summed E-state index contributed by atoms with van der Waals surface area (Å²) in [5, 5.41) is 9.85. The van der Waals surface area contributed by atoms with Crippen LogP contribution in [-0.2, 0) is 19.8 Å². The summed E-state index contributed by atoms with van der Waals surface area (Å²) < 4.78 is 45.3. The minimum Gasteiger partial charge on any atom is -0.313 e. The van der Waals surface area contributed by atoms with Gasteiger partial charge in [0.25, 0.3) is 5.56 Å². The standard InChI is InChI=1S/C17H11F3N6OS/c1-24-14(27)13-11(6-7-28-13)26-12(22-23-16(24)26)8-25-10-5-3-2-4-9(10)21-15(25)17(18,19)20/h2-7H,8H2,1H3. The average Bonchev–Trinajstić information content (AvgIpc) is 3.36. The molecule has 0 amide bonds. The lowest BCUT2D eigenvalue weighted by molar-refractivity contribution is -0.146. The molecular weight excluding hydrogens is 393 g/mol. The van der Waals surface area contributed by atoms with Crippen molar-refractivity contribution in [3.63, 3.8) is 0 Å². The van der Waals surface area contributed by atoms with Crippen molar-refractivity contribution in [2.45, 2.75) is 12.7 Å². The van der Waals surface area contributed by atoms with Crippen molar-refractivity contribution in [1.82, 2.24) is 28.7 Å². The SMILES string of the molecule is Cn1c(=O)c2sccc2n2c(Cn3c(C(F)(F)F)nc4ccccc43)nnc12. The largest absolute Gasteiger partial charge is 0.449 e. The van der Waals surface area contributed by atoms with Gasteiger partial charge in [-0.1, -0.05) is 12.1 Å². The first-order valence-electron chi connectivity index (χ1n) is 8.19. The van der Waals surface area contributed by atoms with Gasteiger partial charge in [-0.15, -0.1) is 21.5 Å². The predicted molar refractivity (Wildman–Crippen MR) is 97.4 cm³/mol. The van der Waals surface area contributed by atoms with Crippen LogP contribution >= 0.6 is 11.3 Å². The number of rotatable bonds is 2. The smallest absolute Gasteiger partial charge is 0.313 e. The molecule has 0 bridgehead atoms. The molecule has 4 heterocycles. The highest BCUT2D eigenvalue weighted by Gasteiger charge is 2.38. The number of hydrogen-bond acceptors (Lipinski definition) is 5. The number of para-hydroxylation sites is 2. The van der Waals surface area contributed by atoms with Gasteiger partial charge in [0.15, 0.2) is 5.82 Å². The zero-order valence-electron chi connectivity index (χ0n) is 14.3. The number of fused-ring (bicyclic) bond motifs is 4. The highest BCUT2D eigenvalue weighted by atomic mass is 32.1. The van der Waals surface area contributed by atoms with Gasteiger partial charge in [-0.2, -0.15) is 13.2 Å². The van der Waals surface area contributed by atoms with E-state index in [1.54, 1.807) is 41.1 Å². The van der Waals surface area contributed by atoms with Crippen LogP contribution in [0.3, 0.4) is 0 Å². The summed E-state index contributed by atoms with van der Waals surface area (Å²) in [4.78, 5) is 16.2. The molecule has 5 aromatic rings. The molecule has 0 atom stereocenters. The van der Waals surface area contributed by atoms with Gasteiger partial charge < -0.3 is 4.57 Å². The summed E-state index contributed by atoms with van der Waals surface area (Å²) in [5.74, 6) is -0.455. The van der Waals surface area contributed by atoms with Crippen LogP contribution in [0.25, 0.3) is 27.0 Å². The maximum Gasteiger partial charge on any atom is 0.449 e. The first-order chi connectivity index (χ1) is 13.4. The maximum absolute atomic E-state index is 13.6. The predicted octanol–water partition coefficient (Wildman–Crippen LogP) is 3.06. The van der Waals surface area contributed by atoms with Crippen LogP contribution < -0.4 is 5.56 Å². The third kappa shape index (κ3) is 2.29. The summed E-state index contributed by atoms with van der Waals surface area (Å²) in [5.41, 5.74) is 0.941. The van der Waals surface area contributed by atoms with Crippen molar-refractivity contribution >= 4 is 38.4 Å². The molecule has 0 aliphatic carbocycles. The Morgan fingerprint density at radius 3 is 2.68 bits per heavy atom. The van der Waals surface area contributed by atoms with Crippen molar-refractivity contribution in [3.05, 3.63) is 57.7 Å². The van der Waals surface area contributed by atoms with Gasteiger partial charge >= 0.3 is 6.18 Å². The van der Waals surface area contributed by atoms with E-state index in [2.05, 4.69) is 15.2 Å². The minimum atomic E-state index is -4.62. The number of hydrogen-bond donors (Lipinski definition) is 0. The number of thiophene rings is 1. The van der Waals surface area contributed by atoms with E-state index in [1.807, 2.05) is 0 Å². The zero-order chi connectivity index (χ0) is 19.6. The Morgan fingerprint density at radius 2 is 1.89 bits per heavy atom. The Hall–Kier alpha value is -3.21. The van der Waals surface area contributed by atoms with Crippen LogP contribution in [0.1, 0.15) is 11.6 Å². The lowest BCUT2D eigenvalue weighted by Gasteiger charge is -2.11. The van der Waals surface area contributed by atoms with Crippen LogP contribution in [-0.4, -0.2) is 28.7 Å². The number of alkyl halides is 3. The third-order valence-electron chi connectivity index (χ3n) is 4.60. The lowest BCUT2D eigenvalue weighted by Crippen LogP contribution is -2.20. The highest BCUT2D eigenvalue weighted by molar-refractivity contribution is 7.17. The maximum atomic E-state index is 13.6. The van der Waals surface area contributed by atoms with Gasteiger partial charge in [0, 0.05) is 7.05 Å². The molecule has 0 spiro atoms. The molecule has 0 unspecified atom stereocenters. The number of nitrogens with zero attached hydrogens (tertiary/aromatic N) is 6. The van der Waals surface area contributed by atoms with Crippen LogP contribution in [0.15, 0.2) is 40.5 Å². The van der Waals surface area contributed by atoms with E-state index in [9.17, 15) is 18.0 Å². The zero-order valence-corrected chi connectivity index (χ0v) is 15.1. The Bertz CT molecular complexity index is 1420. The third-order valence-corrected chi connectivity index (χ3v) is 5.50. The Morgan fingerprint density at radius 1 is 1.11 bits per heavy atom. The molecule has 0 N–H and O–H groups in total. The number of aromatic nitrogens is 6. The minimum absolute atomic E-state index is 0.195. The van der Waals surface area contributed by atoms with Gasteiger partial charge in [-0.05, 0) is 23.6 Å². The molecule has 0 aliphatic rings. The molecule has 5 rings (SSSR count). The van der Waals surface area contributed by atoms with Crippen molar-refractivity contribution in [2.75, 3.05) is 0 Å². The molecule has 0 aliphatic heterocycles. The van der Waals surface area contributed by atoms with Gasteiger partial charge in [0.2, 0.25) is 11.6 Å². The molecule has 1 aromatic carbocycles. The average molecular weight is 404 g/mol. The molecule has 0 saturated heterocycles. The molecular formula is C17H11F3N6OS. The van der Waals surface area contributed by atoms with Crippen molar-refractivity contribution < 1.29 is 13.2 Å². The highest BCUT2D eigenvalue weighted by Crippen LogP contribution is 2.32. The lowest BCUT2D eigenvalue weighted by atomic mass is 10.3. The fourth-order valence-electron chi connectivity index (χ4n) is 3.35. The van der Waals surface area contributed by atoms with Gasteiger partial charge in [0.1, 0.15) is 4.70 Å². The summed E-state index contributed by atoms with van der Waals surface area (Å²) >= 11 is 1.26. The fraction of sp³-hybridized carbons (Fsp3) is 0.176. The first-order valence-corrected chi connectivity index (χ1v) is 9.07. The summed E-state index contributed by atoms with van der Waals surface area (Å²) in [7, 11) is 1.56. The number of imidazole rings is 1. The van der Waals surface area contributed by atoms with E-state index < -0.39 is 12.0 Å². The number of halogens is 3. The molecule has 0 saturated carbocycles. The molecule has 7 nitrogen and oxygen atoms in total. The molecule has 4 aromatic heterocycles. The second kappa shape index (κ2) is 5.64. The first kappa shape index (κ1) is 16.9. The van der Waals surface area contributed by atoms with Crippen LogP contribution in [0.2, 0.25) is 0 Å². The number of benzene rings is 1. The summed E-state index contributed by atoms with van der Waals surface area (Å²) in [6.45, 7) is -0.195. The van der Waals surface area contributed by atoms with Gasteiger partial charge in [0.05, 0.1) is 23.1 Å². The molecule has 28 heavy (non-hydrogen) atoms. The van der Waals surface area contributed by atoms with E-state index in [0.717, 1.165) is 4.57 Å². The Kier molecular flexibility index (Phi) is 3.41. The molecule has 11 heteroatoms. The Labute approximate surface area is 158 Å². The van der Waals surface area contributed by atoms with Crippen molar-refractivity contribution in [1.29, 1.82) is 0 Å². The fourth-order valence-corrected chi connectivity index (χ4v) is 4.20. The molecule has 0 fully saturated rings. The van der Waals surface area contributed by atoms with Crippen molar-refractivity contribution in [2.24, 2.45) is 7.05 Å². The quantitative estimate of drug-likeness (QED) is 0.454. The van der Waals surface area contributed by atoms with E-state index in [4.69, 9.17) is 0 Å². The normalized spacial score (nSPS) is 12.6. The van der Waals surface area contributed by atoms with E-state index in [1.165, 1.54) is 22.0 Å². The van der Waals surface area contributed by atoms with Crippen molar-refractivity contribution in [3.8, 4) is 0 Å².